The third-order valence-corrected chi connectivity index (χ3v) is 3.04. The zero-order valence-electron chi connectivity index (χ0n) is 11.6. The molecule has 0 aromatic carbocycles. The molecule has 0 radical (unpaired) electrons. The molecule has 1 aliphatic rings. The van der Waals surface area contributed by atoms with E-state index in [1.807, 2.05) is 0 Å². The summed E-state index contributed by atoms with van der Waals surface area (Å²) >= 11 is 5.69. The lowest BCUT2D eigenvalue weighted by atomic mass is 10.0. The van der Waals surface area contributed by atoms with Crippen LogP contribution in [0.3, 0.4) is 0 Å². The van der Waals surface area contributed by atoms with Crippen LogP contribution in [-0.2, 0) is 23.8 Å². The predicted molar refractivity (Wildman–Crippen MR) is 74.5 cm³/mol. The molecule has 6 heteroatoms. The Labute approximate surface area is 123 Å². The fourth-order valence-electron chi connectivity index (χ4n) is 1.80. The highest BCUT2D eigenvalue weighted by molar-refractivity contribution is 6.19. The molecule has 0 aromatic rings. The first-order valence-corrected chi connectivity index (χ1v) is 6.82. The van der Waals surface area contributed by atoms with Gasteiger partial charge in [0.25, 0.3) is 0 Å². The van der Waals surface area contributed by atoms with E-state index in [1.54, 1.807) is 12.2 Å². The summed E-state index contributed by atoms with van der Waals surface area (Å²) in [5.74, 6) is -0.471. The zero-order valence-corrected chi connectivity index (χ0v) is 12.4. The van der Waals surface area contributed by atoms with E-state index in [9.17, 15) is 9.59 Å². The molecule has 0 saturated heterocycles. The van der Waals surface area contributed by atoms with Crippen molar-refractivity contribution in [2.24, 2.45) is 0 Å². The Balaban J connectivity index is 2.68. The van der Waals surface area contributed by atoms with Crippen molar-refractivity contribution in [3.05, 3.63) is 24.3 Å². The maximum Gasteiger partial charge on any atom is 0.303 e. The van der Waals surface area contributed by atoms with E-state index in [4.69, 9.17) is 25.8 Å². The number of esters is 2. The van der Waals surface area contributed by atoms with E-state index in [2.05, 4.69) is 6.58 Å². The second-order valence-corrected chi connectivity index (χ2v) is 4.83. The van der Waals surface area contributed by atoms with Gasteiger partial charge in [0, 0.05) is 19.7 Å². The van der Waals surface area contributed by atoms with E-state index < -0.39 is 24.1 Å². The van der Waals surface area contributed by atoms with Gasteiger partial charge in [0.1, 0.15) is 18.8 Å². The Bertz CT molecular complexity index is 404. The van der Waals surface area contributed by atoms with E-state index in [0.717, 1.165) is 5.57 Å². The van der Waals surface area contributed by atoms with Gasteiger partial charge in [-0.05, 0) is 12.5 Å². The van der Waals surface area contributed by atoms with Gasteiger partial charge in [0.2, 0.25) is 0 Å². The highest BCUT2D eigenvalue weighted by Crippen LogP contribution is 2.21. The van der Waals surface area contributed by atoms with Crippen molar-refractivity contribution < 1.29 is 23.8 Å². The molecule has 5 nitrogen and oxygen atoms in total. The van der Waals surface area contributed by atoms with E-state index in [1.165, 1.54) is 13.8 Å². The van der Waals surface area contributed by atoms with Crippen LogP contribution in [0, 0.1) is 0 Å². The summed E-state index contributed by atoms with van der Waals surface area (Å²) in [4.78, 5) is 21.9. The fraction of sp³-hybridized carbons (Fsp3) is 0.571. The Morgan fingerprint density at radius 2 is 2.00 bits per heavy atom. The van der Waals surface area contributed by atoms with Crippen molar-refractivity contribution in [1.82, 2.24) is 0 Å². The monoisotopic (exact) mass is 302 g/mol. The molecule has 0 unspecified atom stereocenters. The van der Waals surface area contributed by atoms with E-state index in [-0.39, 0.29) is 12.7 Å². The number of halogens is 1. The summed E-state index contributed by atoms with van der Waals surface area (Å²) < 4.78 is 15.8. The Morgan fingerprint density at radius 3 is 2.55 bits per heavy atom. The minimum Gasteiger partial charge on any atom is -0.463 e. The third-order valence-electron chi connectivity index (χ3n) is 2.66. The topological polar surface area (TPSA) is 61.8 Å². The average Bonchev–Trinajstić information content (AvgIpc) is 2.37. The van der Waals surface area contributed by atoms with Crippen molar-refractivity contribution >= 4 is 23.5 Å². The van der Waals surface area contributed by atoms with E-state index >= 15 is 0 Å². The minimum atomic E-state index is -0.563. The minimum absolute atomic E-state index is 0.0292. The van der Waals surface area contributed by atoms with Gasteiger partial charge in [-0.1, -0.05) is 18.2 Å². The molecule has 0 spiro atoms. The normalized spacial score (nSPS) is 25.1. The quantitative estimate of drug-likeness (QED) is 0.426. The number of alkyl halides is 1. The Morgan fingerprint density at radius 1 is 1.30 bits per heavy atom. The lowest BCUT2D eigenvalue weighted by molar-refractivity contribution is -0.163. The van der Waals surface area contributed by atoms with Crippen molar-refractivity contribution in [1.29, 1.82) is 0 Å². The summed E-state index contributed by atoms with van der Waals surface area (Å²) in [5.41, 5.74) is 0.846. The molecule has 112 valence electrons. The highest BCUT2D eigenvalue weighted by atomic mass is 35.5. The smallest absolute Gasteiger partial charge is 0.303 e. The Kier molecular flexibility index (Phi) is 6.75. The highest BCUT2D eigenvalue weighted by Gasteiger charge is 2.30. The first-order valence-electron chi connectivity index (χ1n) is 6.29. The number of ether oxygens (including phenoxy) is 3. The van der Waals surface area contributed by atoms with Gasteiger partial charge in [0.15, 0.2) is 0 Å². The molecule has 0 N–H and O–H groups in total. The summed E-state index contributed by atoms with van der Waals surface area (Å²) in [6.45, 7) is 6.48. The van der Waals surface area contributed by atoms with Crippen molar-refractivity contribution in [3.8, 4) is 0 Å². The third kappa shape index (κ3) is 5.75. The predicted octanol–water partition coefficient (Wildman–Crippen LogP) is 1.99. The number of hydrogen-bond donors (Lipinski definition) is 0. The molecule has 0 fully saturated rings. The number of hydrogen-bond acceptors (Lipinski definition) is 5. The lowest BCUT2D eigenvalue weighted by Crippen LogP contribution is -2.41. The summed E-state index contributed by atoms with van der Waals surface area (Å²) in [6, 6.07) is 0. The molecule has 1 aliphatic heterocycles. The summed E-state index contributed by atoms with van der Waals surface area (Å²) in [7, 11) is 0. The van der Waals surface area contributed by atoms with Gasteiger partial charge in [-0.3, -0.25) is 9.59 Å². The lowest BCUT2D eigenvalue weighted by Gasteiger charge is -2.31. The molecular formula is C14H19ClO5. The SMILES string of the molecule is C=C(CCl)C[C@@H]1C=C[C@@H](OC(C)=O)[C@@H](COC(C)=O)O1. The molecule has 3 atom stereocenters. The first kappa shape index (κ1) is 16.7. The molecule has 1 rings (SSSR count). The average molecular weight is 303 g/mol. The molecule has 0 amide bonds. The van der Waals surface area contributed by atoms with Gasteiger partial charge in [-0.2, -0.15) is 0 Å². The Hall–Kier alpha value is -1.33. The van der Waals surface area contributed by atoms with Crippen LogP contribution in [-0.4, -0.2) is 42.7 Å². The summed E-state index contributed by atoms with van der Waals surface area (Å²) in [5, 5.41) is 0. The second kappa shape index (κ2) is 8.07. The van der Waals surface area contributed by atoms with Crippen molar-refractivity contribution in [3.63, 3.8) is 0 Å². The van der Waals surface area contributed by atoms with Gasteiger partial charge in [-0.25, -0.2) is 0 Å². The molecule has 0 saturated carbocycles. The first-order chi connectivity index (χ1) is 9.42. The molecular weight excluding hydrogens is 284 g/mol. The zero-order chi connectivity index (χ0) is 15.1. The van der Waals surface area contributed by atoms with E-state index in [0.29, 0.717) is 12.3 Å². The van der Waals surface area contributed by atoms with Crippen LogP contribution in [0.15, 0.2) is 24.3 Å². The van der Waals surface area contributed by atoms with Crippen LogP contribution in [0.25, 0.3) is 0 Å². The standard InChI is InChI=1S/C14H19ClO5/c1-9(7-15)6-12-4-5-13(19-11(3)17)14(20-12)8-18-10(2)16/h4-5,12-14H,1,6-8H2,2-3H3/t12-,13+,14+/m0/s1. The van der Waals surface area contributed by atoms with Crippen LogP contribution in [0.4, 0.5) is 0 Å². The van der Waals surface area contributed by atoms with Crippen molar-refractivity contribution in [2.45, 2.75) is 38.6 Å². The number of carbonyl (C=O) groups is 2. The molecule has 20 heavy (non-hydrogen) atoms. The fourth-order valence-corrected chi connectivity index (χ4v) is 1.91. The number of rotatable bonds is 6. The number of carbonyl (C=O) groups excluding carboxylic acids is 2. The van der Waals surface area contributed by atoms with Crippen LogP contribution < -0.4 is 0 Å². The second-order valence-electron chi connectivity index (χ2n) is 4.56. The van der Waals surface area contributed by atoms with Crippen LogP contribution in [0.1, 0.15) is 20.3 Å². The molecule has 0 aliphatic carbocycles. The van der Waals surface area contributed by atoms with Gasteiger partial charge >= 0.3 is 11.9 Å². The maximum atomic E-state index is 11.1. The van der Waals surface area contributed by atoms with Crippen LogP contribution in [0.2, 0.25) is 0 Å². The van der Waals surface area contributed by atoms with Crippen LogP contribution in [0.5, 0.6) is 0 Å². The molecule has 0 aromatic heterocycles. The molecule has 0 bridgehead atoms. The summed E-state index contributed by atoms with van der Waals surface area (Å²) in [6.07, 6.45) is 2.81. The maximum absolute atomic E-state index is 11.1. The van der Waals surface area contributed by atoms with Crippen molar-refractivity contribution in [2.75, 3.05) is 12.5 Å². The van der Waals surface area contributed by atoms with Gasteiger partial charge < -0.3 is 14.2 Å². The van der Waals surface area contributed by atoms with Gasteiger partial charge in [0.05, 0.1) is 6.10 Å². The molecule has 1 heterocycles. The van der Waals surface area contributed by atoms with Gasteiger partial charge in [-0.15, -0.1) is 11.6 Å². The largest absolute Gasteiger partial charge is 0.463 e. The van der Waals surface area contributed by atoms with Crippen LogP contribution >= 0.6 is 11.6 Å².